The Morgan fingerprint density at radius 2 is 1.96 bits per heavy atom. The van der Waals surface area contributed by atoms with Gasteiger partial charge < -0.3 is 11.1 Å². The zero-order chi connectivity index (χ0) is 19.6. The zero-order valence-electron chi connectivity index (χ0n) is 14.6. The number of carbonyl (C=O) groups is 1. The van der Waals surface area contributed by atoms with Crippen molar-refractivity contribution in [3.63, 3.8) is 0 Å². The molecule has 0 atom stereocenters. The molecule has 2 aromatic rings. The number of benzene rings is 2. The van der Waals surface area contributed by atoms with Crippen LogP contribution in [0.3, 0.4) is 0 Å². The van der Waals surface area contributed by atoms with Gasteiger partial charge in [0.25, 0.3) is 0 Å². The maximum atomic E-state index is 11.4. The fourth-order valence-electron chi connectivity index (χ4n) is 3.17. The van der Waals surface area contributed by atoms with Gasteiger partial charge in [-0.2, -0.15) is 0 Å². The minimum absolute atomic E-state index is 0.0868. The highest BCUT2D eigenvalue weighted by atomic mass is 35.5. The highest BCUT2D eigenvalue weighted by Crippen LogP contribution is 2.24. The van der Waals surface area contributed by atoms with E-state index in [2.05, 4.69) is 17.4 Å². The van der Waals surface area contributed by atoms with Crippen molar-refractivity contribution in [1.82, 2.24) is 4.90 Å². The molecule has 144 valence electrons. The van der Waals surface area contributed by atoms with Crippen molar-refractivity contribution in [3.8, 4) is 0 Å². The van der Waals surface area contributed by atoms with Crippen molar-refractivity contribution in [2.45, 2.75) is 24.4 Å². The van der Waals surface area contributed by atoms with Crippen molar-refractivity contribution >= 4 is 33.2 Å². The Morgan fingerprint density at radius 3 is 2.63 bits per heavy atom. The average Bonchev–Trinajstić information content (AvgIpc) is 2.58. The molecule has 0 bridgehead atoms. The van der Waals surface area contributed by atoms with Crippen molar-refractivity contribution in [2.24, 2.45) is 10.9 Å². The van der Waals surface area contributed by atoms with E-state index < -0.39 is 10.0 Å². The largest absolute Gasteiger partial charge is 0.381 e. The van der Waals surface area contributed by atoms with E-state index in [0.29, 0.717) is 13.1 Å². The van der Waals surface area contributed by atoms with Gasteiger partial charge in [0.2, 0.25) is 15.9 Å². The second kappa shape index (κ2) is 7.85. The maximum absolute atomic E-state index is 11.4. The van der Waals surface area contributed by atoms with Gasteiger partial charge in [-0.3, -0.25) is 9.69 Å². The smallest absolute Gasteiger partial charge is 0.239 e. The standard InChI is InChI=1S/C18H21ClN4O3S/c19-16-7-12(1-4-17(16)27(21,25)26)9-22-15-3-2-13-5-6-23(11-18(20)24)10-14(13)8-15/h1-4,7-8,22H,5-6,9-11H2,(H2,20,24)(H2,21,25,26). The third kappa shape index (κ3) is 4.98. The van der Waals surface area contributed by atoms with Crippen LogP contribution < -0.4 is 16.2 Å². The van der Waals surface area contributed by atoms with E-state index in [1.54, 1.807) is 12.1 Å². The summed E-state index contributed by atoms with van der Waals surface area (Å²) in [5.74, 6) is -0.326. The monoisotopic (exact) mass is 408 g/mol. The first-order valence-electron chi connectivity index (χ1n) is 8.40. The van der Waals surface area contributed by atoms with E-state index in [-0.39, 0.29) is 22.4 Å². The zero-order valence-corrected chi connectivity index (χ0v) is 16.2. The van der Waals surface area contributed by atoms with Crippen molar-refractivity contribution in [3.05, 3.63) is 58.1 Å². The molecule has 2 aromatic carbocycles. The molecule has 0 radical (unpaired) electrons. The van der Waals surface area contributed by atoms with Gasteiger partial charge in [-0.25, -0.2) is 13.6 Å². The van der Waals surface area contributed by atoms with Crippen LogP contribution in [0.5, 0.6) is 0 Å². The van der Waals surface area contributed by atoms with Crippen LogP contribution in [-0.2, 0) is 34.3 Å². The van der Waals surface area contributed by atoms with E-state index >= 15 is 0 Å². The lowest BCUT2D eigenvalue weighted by Gasteiger charge is -2.28. The molecule has 0 aromatic heterocycles. The van der Waals surface area contributed by atoms with E-state index in [1.165, 1.54) is 11.6 Å². The van der Waals surface area contributed by atoms with Gasteiger partial charge in [0.05, 0.1) is 11.6 Å². The van der Waals surface area contributed by atoms with E-state index in [0.717, 1.165) is 29.8 Å². The van der Waals surface area contributed by atoms with E-state index in [9.17, 15) is 13.2 Å². The Hall–Kier alpha value is -2.13. The molecule has 27 heavy (non-hydrogen) atoms. The molecule has 0 aliphatic carbocycles. The molecule has 0 unspecified atom stereocenters. The quantitative estimate of drug-likeness (QED) is 0.668. The molecule has 0 saturated carbocycles. The van der Waals surface area contributed by atoms with Gasteiger partial charge in [-0.05, 0) is 47.4 Å². The first kappa shape index (κ1) is 19.6. The van der Waals surface area contributed by atoms with Crippen LogP contribution in [0, 0.1) is 0 Å². The SMILES string of the molecule is NC(=O)CN1CCc2ccc(NCc3ccc(S(N)(=O)=O)c(Cl)c3)cc2C1. The number of fused-ring (bicyclic) bond motifs is 1. The summed E-state index contributed by atoms with van der Waals surface area (Å²) in [6, 6.07) is 10.8. The molecule has 3 rings (SSSR count). The van der Waals surface area contributed by atoms with Crippen LogP contribution in [0.15, 0.2) is 41.3 Å². The lowest BCUT2D eigenvalue weighted by Crippen LogP contribution is -2.37. The molecule has 5 N–H and O–H groups in total. The number of sulfonamides is 1. The Bertz CT molecular complexity index is 979. The lowest BCUT2D eigenvalue weighted by atomic mass is 9.99. The van der Waals surface area contributed by atoms with E-state index in [4.69, 9.17) is 22.5 Å². The Kier molecular flexibility index (Phi) is 5.71. The summed E-state index contributed by atoms with van der Waals surface area (Å²) >= 11 is 6.02. The third-order valence-corrected chi connectivity index (χ3v) is 5.87. The number of hydrogen-bond acceptors (Lipinski definition) is 5. The third-order valence-electron chi connectivity index (χ3n) is 4.48. The predicted molar refractivity (Wildman–Crippen MR) is 105 cm³/mol. The fraction of sp³-hybridized carbons (Fsp3) is 0.278. The summed E-state index contributed by atoms with van der Waals surface area (Å²) in [6.45, 7) is 2.24. The van der Waals surface area contributed by atoms with Crippen LogP contribution in [0.1, 0.15) is 16.7 Å². The number of nitrogens with zero attached hydrogens (tertiary/aromatic N) is 1. The number of amides is 1. The molecular weight excluding hydrogens is 388 g/mol. The molecule has 1 aliphatic rings. The summed E-state index contributed by atoms with van der Waals surface area (Å²) in [7, 11) is -3.83. The molecule has 1 aliphatic heterocycles. The number of carbonyl (C=O) groups excluding carboxylic acids is 1. The number of hydrogen-bond donors (Lipinski definition) is 3. The van der Waals surface area contributed by atoms with Crippen LogP contribution in [0.25, 0.3) is 0 Å². The first-order chi connectivity index (χ1) is 12.7. The predicted octanol–water partition coefficient (Wildman–Crippen LogP) is 1.44. The Balaban J connectivity index is 1.69. The minimum atomic E-state index is -3.83. The Morgan fingerprint density at radius 1 is 1.19 bits per heavy atom. The fourth-order valence-corrected chi connectivity index (χ4v) is 4.28. The Labute approximate surface area is 163 Å². The summed E-state index contributed by atoms with van der Waals surface area (Å²) in [6.07, 6.45) is 0.882. The topological polar surface area (TPSA) is 119 Å². The van der Waals surface area contributed by atoms with Gasteiger partial charge in [0.1, 0.15) is 4.90 Å². The molecule has 0 fully saturated rings. The van der Waals surface area contributed by atoms with Crippen LogP contribution in [0.4, 0.5) is 5.69 Å². The van der Waals surface area contributed by atoms with Crippen LogP contribution in [0.2, 0.25) is 5.02 Å². The highest BCUT2D eigenvalue weighted by Gasteiger charge is 2.18. The molecule has 0 spiro atoms. The van der Waals surface area contributed by atoms with Crippen LogP contribution >= 0.6 is 11.6 Å². The number of nitrogens with two attached hydrogens (primary N) is 2. The van der Waals surface area contributed by atoms with Crippen molar-refractivity contribution in [1.29, 1.82) is 0 Å². The van der Waals surface area contributed by atoms with Crippen molar-refractivity contribution in [2.75, 3.05) is 18.4 Å². The molecule has 7 nitrogen and oxygen atoms in total. The summed E-state index contributed by atoms with van der Waals surface area (Å²) < 4.78 is 22.8. The minimum Gasteiger partial charge on any atom is -0.381 e. The molecule has 0 saturated heterocycles. The molecule has 1 amide bonds. The molecule has 1 heterocycles. The van der Waals surface area contributed by atoms with Gasteiger partial charge in [-0.1, -0.05) is 23.7 Å². The normalized spacial score (nSPS) is 14.6. The highest BCUT2D eigenvalue weighted by molar-refractivity contribution is 7.89. The van der Waals surface area contributed by atoms with Gasteiger partial charge in [-0.15, -0.1) is 0 Å². The van der Waals surface area contributed by atoms with E-state index in [1.807, 2.05) is 11.0 Å². The van der Waals surface area contributed by atoms with Crippen LogP contribution in [-0.4, -0.2) is 32.3 Å². The van der Waals surface area contributed by atoms with Gasteiger partial charge >= 0.3 is 0 Å². The number of anilines is 1. The summed E-state index contributed by atoms with van der Waals surface area (Å²) in [5, 5.41) is 8.52. The summed E-state index contributed by atoms with van der Waals surface area (Å²) in [4.78, 5) is 13.1. The number of rotatable bonds is 6. The van der Waals surface area contributed by atoms with Gasteiger partial charge in [0.15, 0.2) is 0 Å². The second-order valence-electron chi connectivity index (χ2n) is 6.57. The second-order valence-corrected chi connectivity index (χ2v) is 8.51. The number of primary amides is 1. The maximum Gasteiger partial charge on any atom is 0.239 e. The lowest BCUT2D eigenvalue weighted by molar-refractivity contribution is -0.119. The first-order valence-corrected chi connectivity index (χ1v) is 10.3. The number of nitrogens with one attached hydrogen (secondary N) is 1. The van der Waals surface area contributed by atoms with Crippen molar-refractivity contribution < 1.29 is 13.2 Å². The number of halogens is 1. The number of primary sulfonamides is 1. The molecule has 9 heteroatoms. The molecular formula is C18H21ClN4O3S. The van der Waals surface area contributed by atoms with Gasteiger partial charge in [0, 0.05) is 25.3 Å². The summed E-state index contributed by atoms with van der Waals surface area (Å²) in [5.41, 5.74) is 9.48. The average molecular weight is 409 g/mol.